The number of benzene rings is 1. The number of aliphatic hydroxyl groups excluding tert-OH is 1. The highest BCUT2D eigenvalue weighted by molar-refractivity contribution is 6.13. The summed E-state index contributed by atoms with van der Waals surface area (Å²) in [4.78, 5) is 24.5. The van der Waals surface area contributed by atoms with Gasteiger partial charge in [-0.25, -0.2) is 0 Å². The van der Waals surface area contributed by atoms with Gasteiger partial charge in [-0.3, -0.25) is 14.5 Å². The quantitative estimate of drug-likeness (QED) is 0.820. The Labute approximate surface area is 111 Å². The normalized spacial score (nSPS) is 16.1. The topological polar surface area (TPSA) is 66.8 Å². The number of aryl methyl sites for hydroxylation is 1. The lowest BCUT2D eigenvalue weighted by Gasteiger charge is -2.26. The van der Waals surface area contributed by atoms with E-state index in [-0.39, 0.29) is 6.61 Å². The first kappa shape index (κ1) is 13.3. The monoisotopic (exact) mass is 261 g/mol. The highest BCUT2D eigenvalue weighted by atomic mass is 16.5. The lowest BCUT2D eigenvalue weighted by molar-refractivity contribution is -0.140. The number of carbonyl (C=O) groups is 2. The van der Waals surface area contributed by atoms with E-state index in [1.54, 1.807) is 12.1 Å². The Kier molecular flexibility index (Phi) is 3.66. The molecule has 1 N–H and O–H groups in total. The SMILES string of the molecule is COc1ccc(C)c([C@H](CO)N2C(=O)C=CC2=O)c1. The third kappa shape index (κ3) is 2.37. The fourth-order valence-corrected chi connectivity index (χ4v) is 2.14. The third-order valence-electron chi connectivity index (χ3n) is 3.17. The first-order chi connectivity index (χ1) is 9.08. The van der Waals surface area contributed by atoms with Crippen LogP contribution in [0.25, 0.3) is 0 Å². The summed E-state index contributed by atoms with van der Waals surface area (Å²) in [5, 5.41) is 9.55. The largest absolute Gasteiger partial charge is 0.497 e. The van der Waals surface area contributed by atoms with Crippen LogP contribution < -0.4 is 4.74 Å². The van der Waals surface area contributed by atoms with Gasteiger partial charge < -0.3 is 9.84 Å². The highest BCUT2D eigenvalue weighted by Crippen LogP contribution is 2.29. The summed E-state index contributed by atoms with van der Waals surface area (Å²) in [7, 11) is 1.54. The predicted molar refractivity (Wildman–Crippen MR) is 68.6 cm³/mol. The first-order valence-electron chi connectivity index (χ1n) is 5.89. The van der Waals surface area contributed by atoms with E-state index in [9.17, 15) is 14.7 Å². The molecule has 0 bridgehead atoms. The minimum Gasteiger partial charge on any atom is -0.497 e. The van der Waals surface area contributed by atoms with Crippen LogP contribution in [-0.4, -0.2) is 35.5 Å². The molecule has 0 spiro atoms. The number of methoxy groups -OCH3 is 1. The van der Waals surface area contributed by atoms with Gasteiger partial charge in [-0.05, 0) is 30.2 Å². The van der Waals surface area contributed by atoms with Crippen LogP contribution in [0.5, 0.6) is 5.75 Å². The Balaban J connectivity index is 2.42. The Morgan fingerprint density at radius 2 is 1.89 bits per heavy atom. The van der Waals surface area contributed by atoms with Crippen molar-refractivity contribution < 1.29 is 19.4 Å². The summed E-state index contributed by atoms with van der Waals surface area (Å²) in [6.07, 6.45) is 2.42. The van der Waals surface area contributed by atoms with Crippen LogP contribution in [0.15, 0.2) is 30.4 Å². The second kappa shape index (κ2) is 5.24. The third-order valence-corrected chi connectivity index (χ3v) is 3.17. The zero-order valence-corrected chi connectivity index (χ0v) is 10.8. The van der Waals surface area contributed by atoms with Crippen LogP contribution in [0.4, 0.5) is 0 Å². The van der Waals surface area contributed by atoms with Gasteiger partial charge in [-0.15, -0.1) is 0 Å². The van der Waals surface area contributed by atoms with E-state index in [1.165, 1.54) is 19.3 Å². The van der Waals surface area contributed by atoms with Crippen molar-refractivity contribution in [3.63, 3.8) is 0 Å². The maximum atomic E-state index is 11.7. The summed E-state index contributed by atoms with van der Waals surface area (Å²) >= 11 is 0. The van der Waals surface area contributed by atoms with E-state index < -0.39 is 17.9 Å². The number of amides is 2. The Morgan fingerprint density at radius 3 is 2.42 bits per heavy atom. The lowest BCUT2D eigenvalue weighted by Crippen LogP contribution is -2.36. The van der Waals surface area contributed by atoms with Gasteiger partial charge in [0, 0.05) is 12.2 Å². The van der Waals surface area contributed by atoms with Crippen LogP contribution in [0.2, 0.25) is 0 Å². The Morgan fingerprint density at radius 1 is 1.26 bits per heavy atom. The van der Waals surface area contributed by atoms with Crippen molar-refractivity contribution in [2.75, 3.05) is 13.7 Å². The molecule has 1 aromatic rings. The van der Waals surface area contributed by atoms with Gasteiger partial charge in [-0.1, -0.05) is 6.07 Å². The summed E-state index contributed by atoms with van der Waals surface area (Å²) in [6.45, 7) is 1.53. The van der Waals surface area contributed by atoms with Gasteiger partial charge in [0.15, 0.2) is 0 Å². The second-order valence-corrected chi connectivity index (χ2v) is 4.30. The van der Waals surface area contributed by atoms with Gasteiger partial charge in [0.25, 0.3) is 11.8 Å². The van der Waals surface area contributed by atoms with Crippen molar-refractivity contribution in [2.45, 2.75) is 13.0 Å². The molecule has 1 aliphatic rings. The Hall–Kier alpha value is -2.14. The van der Waals surface area contributed by atoms with E-state index in [4.69, 9.17) is 4.74 Å². The molecule has 5 nitrogen and oxygen atoms in total. The van der Waals surface area contributed by atoms with E-state index in [0.29, 0.717) is 11.3 Å². The summed E-state index contributed by atoms with van der Waals surface area (Å²) in [6, 6.07) is 4.66. The van der Waals surface area contributed by atoms with Crippen LogP contribution in [0, 0.1) is 6.92 Å². The van der Waals surface area contributed by atoms with E-state index >= 15 is 0 Å². The molecule has 1 atom stereocenters. The molecule has 0 unspecified atom stereocenters. The number of imide groups is 1. The molecule has 100 valence electrons. The molecule has 0 aromatic heterocycles. The van der Waals surface area contributed by atoms with Crippen LogP contribution in [0.1, 0.15) is 17.2 Å². The number of ether oxygens (including phenoxy) is 1. The van der Waals surface area contributed by atoms with E-state index in [0.717, 1.165) is 10.5 Å². The van der Waals surface area contributed by atoms with Crippen molar-refractivity contribution in [1.29, 1.82) is 0 Å². The molecule has 2 amide bonds. The fraction of sp³-hybridized carbons (Fsp3) is 0.286. The second-order valence-electron chi connectivity index (χ2n) is 4.30. The minimum absolute atomic E-state index is 0.326. The maximum absolute atomic E-state index is 11.7. The van der Waals surface area contributed by atoms with Gasteiger partial charge in [0.1, 0.15) is 5.75 Å². The van der Waals surface area contributed by atoms with Crippen molar-refractivity contribution >= 4 is 11.8 Å². The molecule has 0 saturated carbocycles. The zero-order valence-electron chi connectivity index (χ0n) is 10.8. The van der Waals surface area contributed by atoms with Gasteiger partial charge in [-0.2, -0.15) is 0 Å². The fourth-order valence-electron chi connectivity index (χ4n) is 2.14. The molecular formula is C14H15NO4. The predicted octanol–water partition coefficient (Wildman–Crippen LogP) is 0.962. The van der Waals surface area contributed by atoms with Crippen LogP contribution >= 0.6 is 0 Å². The van der Waals surface area contributed by atoms with Crippen molar-refractivity contribution in [3.8, 4) is 5.75 Å². The number of carbonyl (C=O) groups excluding carboxylic acids is 2. The highest BCUT2D eigenvalue weighted by Gasteiger charge is 2.32. The van der Waals surface area contributed by atoms with Crippen molar-refractivity contribution in [1.82, 2.24) is 4.90 Å². The van der Waals surface area contributed by atoms with Gasteiger partial charge in [0.05, 0.1) is 19.8 Å². The zero-order chi connectivity index (χ0) is 14.0. The van der Waals surface area contributed by atoms with Crippen LogP contribution in [-0.2, 0) is 9.59 Å². The van der Waals surface area contributed by atoms with E-state index in [2.05, 4.69) is 0 Å². The number of hydrogen-bond donors (Lipinski definition) is 1. The molecule has 1 aromatic carbocycles. The molecule has 19 heavy (non-hydrogen) atoms. The molecule has 5 heteroatoms. The first-order valence-corrected chi connectivity index (χ1v) is 5.89. The molecule has 0 radical (unpaired) electrons. The van der Waals surface area contributed by atoms with Gasteiger partial charge >= 0.3 is 0 Å². The average molecular weight is 261 g/mol. The van der Waals surface area contributed by atoms with Crippen LogP contribution in [0.3, 0.4) is 0 Å². The molecule has 2 rings (SSSR count). The molecule has 0 fully saturated rings. The number of aliphatic hydroxyl groups is 1. The van der Waals surface area contributed by atoms with Crippen molar-refractivity contribution in [2.24, 2.45) is 0 Å². The summed E-state index contributed by atoms with van der Waals surface area (Å²) in [5.74, 6) is -0.205. The minimum atomic E-state index is -0.690. The molecular weight excluding hydrogens is 246 g/mol. The standard InChI is InChI=1S/C14H15NO4/c1-9-3-4-10(19-2)7-11(9)12(8-16)15-13(17)5-6-14(15)18/h3-7,12,16H,8H2,1-2H3/t12-/m0/s1. The van der Waals surface area contributed by atoms with Crippen molar-refractivity contribution in [3.05, 3.63) is 41.5 Å². The summed E-state index contributed by atoms with van der Waals surface area (Å²) < 4.78 is 5.14. The Bertz CT molecular complexity index is 532. The van der Waals surface area contributed by atoms with Gasteiger partial charge in [0.2, 0.25) is 0 Å². The molecule has 0 saturated heterocycles. The molecule has 0 aliphatic carbocycles. The molecule has 1 heterocycles. The lowest BCUT2D eigenvalue weighted by atomic mass is 10.00. The maximum Gasteiger partial charge on any atom is 0.254 e. The average Bonchev–Trinajstić information content (AvgIpc) is 2.73. The number of hydrogen-bond acceptors (Lipinski definition) is 4. The van der Waals surface area contributed by atoms with E-state index in [1.807, 2.05) is 13.0 Å². The smallest absolute Gasteiger partial charge is 0.254 e. The number of rotatable bonds is 4. The summed E-state index contributed by atoms with van der Waals surface area (Å²) in [5.41, 5.74) is 1.58. The molecule has 1 aliphatic heterocycles. The number of nitrogens with zero attached hydrogens (tertiary/aromatic N) is 1.